The first-order chi connectivity index (χ1) is 16.0. The van der Waals surface area contributed by atoms with Gasteiger partial charge in [-0.2, -0.15) is 0 Å². The number of aliphatic carboxylic acids is 2. The van der Waals surface area contributed by atoms with Crippen LogP contribution in [0.3, 0.4) is 0 Å². The molecule has 1 aliphatic carbocycles. The lowest BCUT2D eigenvalue weighted by Gasteiger charge is -2.46. The van der Waals surface area contributed by atoms with E-state index in [4.69, 9.17) is 0 Å². The number of carbonyl (C=O) groups is 2. The number of hydrogen-bond donors (Lipinski definition) is 2. The van der Waals surface area contributed by atoms with Crippen molar-refractivity contribution in [1.29, 1.82) is 0 Å². The van der Waals surface area contributed by atoms with Crippen molar-refractivity contribution in [2.45, 2.75) is 149 Å². The smallest absolute Gasteiger partial charge is 0.311 e. The minimum Gasteiger partial charge on any atom is -0.481 e. The van der Waals surface area contributed by atoms with Gasteiger partial charge in [0.25, 0.3) is 0 Å². The molecule has 192 valence electrons. The fourth-order valence-corrected chi connectivity index (χ4v) is 5.84. The van der Waals surface area contributed by atoms with Crippen molar-refractivity contribution in [2.75, 3.05) is 0 Å². The lowest BCUT2D eigenvalue weighted by molar-refractivity contribution is -0.177. The number of unbranched alkanes of at least 4 members (excludes halogenated alkanes) is 15. The van der Waals surface area contributed by atoms with E-state index in [2.05, 4.69) is 6.92 Å². The highest BCUT2D eigenvalue weighted by Crippen LogP contribution is 2.54. The van der Waals surface area contributed by atoms with Gasteiger partial charge in [-0.05, 0) is 25.7 Å². The molecule has 2 unspecified atom stereocenters. The highest BCUT2D eigenvalue weighted by molar-refractivity contribution is 5.87. The summed E-state index contributed by atoms with van der Waals surface area (Å²) < 4.78 is 0. The van der Waals surface area contributed by atoms with Gasteiger partial charge < -0.3 is 10.2 Å². The Labute approximate surface area is 203 Å². The molecule has 1 aliphatic rings. The highest BCUT2D eigenvalue weighted by atomic mass is 16.4. The predicted molar refractivity (Wildman–Crippen MR) is 138 cm³/mol. The number of carboxylic acids is 2. The third kappa shape index (κ3) is 9.45. The van der Waals surface area contributed by atoms with E-state index in [9.17, 15) is 19.8 Å². The zero-order valence-electron chi connectivity index (χ0n) is 21.7. The second-order valence-electron chi connectivity index (χ2n) is 10.5. The number of rotatable bonds is 21. The van der Waals surface area contributed by atoms with Crippen LogP contribution in [0.25, 0.3) is 0 Å². The molecule has 1 rings (SSSR count). The third-order valence-electron chi connectivity index (χ3n) is 7.97. The summed E-state index contributed by atoms with van der Waals surface area (Å²) in [5, 5.41) is 20.2. The summed E-state index contributed by atoms with van der Waals surface area (Å²) in [4.78, 5) is 24.6. The number of hydrogen-bond acceptors (Lipinski definition) is 2. The maximum Gasteiger partial charge on any atom is 0.311 e. The lowest BCUT2D eigenvalue weighted by Crippen LogP contribution is -2.53. The molecule has 4 heteroatoms. The van der Waals surface area contributed by atoms with E-state index in [0.717, 1.165) is 19.3 Å². The Bertz CT molecular complexity index is 570. The minimum atomic E-state index is -1.17. The van der Waals surface area contributed by atoms with Crippen LogP contribution in [0.1, 0.15) is 149 Å². The summed E-state index contributed by atoms with van der Waals surface area (Å²) in [7, 11) is 0. The van der Waals surface area contributed by atoms with Gasteiger partial charge in [0.05, 0.1) is 10.8 Å². The molecule has 0 saturated carbocycles. The summed E-state index contributed by atoms with van der Waals surface area (Å²) in [5.41, 5.74) is -2.34. The van der Waals surface area contributed by atoms with Crippen LogP contribution in [0.4, 0.5) is 0 Å². The van der Waals surface area contributed by atoms with Crippen LogP contribution in [0.5, 0.6) is 0 Å². The van der Waals surface area contributed by atoms with Crippen molar-refractivity contribution in [1.82, 2.24) is 0 Å². The molecular weight excluding hydrogens is 412 g/mol. The second-order valence-corrected chi connectivity index (χ2v) is 10.5. The van der Waals surface area contributed by atoms with E-state index < -0.39 is 22.8 Å². The van der Waals surface area contributed by atoms with E-state index in [1.807, 2.05) is 19.1 Å². The zero-order chi connectivity index (χ0) is 24.4. The Hall–Kier alpha value is -1.32. The van der Waals surface area contributed by atoms with Gasteiger partial charge in [-0.15, -0.1) is 0 Å². The van der Waals surface area contributed by atoms with Crippen molar-refractivity contribution in [2.24, 2.45) is 10.8 Å². The average Bonchev–Trinajstić information content (AvgIpc) is 2.79. The van der Waals surface area contributed by atoms with Crippen LogP contribution in [0, 0.1) is 10.8 Å². The molecule has 0 radical (unpaired) electrons. The highest BCUT2D eigenvalue weighted by Gasteiger charge is 2.60. The molecule has 0 spiro atoms. The Balaban J connectivity index is 2.21. The number of carboxylic acid groups (broad SMARTS) is 2. The minimum absolute atomic E-state index is 0.335. The van der Waals surface area contributed by atoms with E-state index in [-0.39, 0.29) is 0 Å². The molecule has 0 heterocycles. The van der Waals surface area contributed by atoms with Crippen molar-refractivity contribution >= 4 is 11.9 Å². The molecule has 0 bridgehead atoms. The van der Waals surface area contributed by atoms with Gasteiger partial charge in [0.1, 0.15) is 0 Å². The van der Waals surface area contributed by atoms with Gasteiger partial charge in [0.2, 0.25) is 0 Å². The molecule has 0 amide bonds. The first-order valence-electron chi connectivity index (χ1n) is 14.1. The van der Waals surface area contributed by atoms with Gasteiger partial charge in [-0.3, -0.25) is 9.59 Å². The largest absolute Gasteiger partial charge is 0.481 e. The van der Waals surface area contributed by atoms with E-state index in [1.165, 1.54) is 83.5 Å². The molecule has 2 N–H and O–H groups in total. The summed E-state index contributed by atoms with van der Waals surface area (Å²) >= 11 is 0. The van der Waals surface area contributed by atoms with E-state index in [0.29, 0.717) is 32.1 Å². The fourth-order valence-electron chi connectivity index (χ4n) is 5.84. The lowest BCUT2D eigenvalue weighted by atomic mass is 9.54. The van der Waals surface area contributed by atoms with Gasteiger partial charge in [-0.25, -0.2) is 0 Å². The van der Waals surface area contributed by atoms with Crippen LogP contribution in [0.15, 0.2) is 12.2 Å². The van der Waals surface area contributed by atoms with E-state index >= 15 is 0 Å². The third-order valence-corrected chi connectivity index (χ3v) is 7.97. The van der Waals surface area contributed by atoms with Crippen molar-refractivity contribution in [3.8, 4) is 0 Å². The van der Waals surface area contributed by atoms with Crippen LogP contribution in [-0.4, -0.2) is 22.2 Å². The summed E-state index contributed by atoms with van der Waals surface area (Å²) in [5.74, 6) is -1.86. The van der Waals surface area contributed by atoms with Crippen molar-refractivity contribution in [3.63, 3.8) is 0 Å². The predicted octanol–water partition coefficient (Wildman–Crippen LogP) is 8.93. The topological polar surface area (TPSA) is 74.6 Å². The average molecular weight is 465 g/mol. The summed E-state index contributed by atoms with van der Waals surface area (Å²) in [6, 6.07) is 0. The molecule has 0 aromatic heterocycles. The van der Waals surface area contributed by atoms with Gasteiger partial charge in [-0.1, -0.05) is 135 Å². The number of allylic oxidation sites excluding steroid dienone is 2. The fraction of sp³-hybridized carbons (Fsp3) is 0.862. The van der Waals surface area contributed by atoms with Crippen LogP contribution >= 0.6 is 0 Å². The Kier molecular flexibility index (Phi) is 15.5. The second kappa shape index (κ2) is 17.2. The van der Waals surface area contributed by atoms with Gasteiger partial charge in [0.15, 0.2) is 0 Å². The summed E-state index contributed by atoms with van der Waals surface area (Å²) in [6.07, 6.45) is 26.5. The maximum atomic E-state index is 12.4. The normalized spacial score (nSPS) is 22.5. The Morgan fingerprint density at radius 3 is 1.21 bits per heavy atom. The van der Waals surface area contributed by atoms with Crippen LogP contribution in [-0.2, 0) is 9.59 Å². The molecule has 0 aliphatic heterocycles. The van der Waals surface area contributed by atoms with Crippen molar-refractivity contribution < 1.29 is 19.8 Å². The monoisotopic (exact) mass is 464 g/mol. The molecule has 33 heavy (non-hydrogen) atoms. The molecule has 0 saturated heterocycles. The quantitative estimate of drug-likeness (QED) is 0.131. The first-order valence-corrected chi connectivity index (χ1v) is 14.1. The Morgan fingerprint density at radius 1 is 0.545 bits per heavy atom. The molecule has 4 nitrogen and oxygen atoms in total. The summed E-state index contributed by atoms with van der Waals surface area (Å²) in [6.45, 7) is 4.22. The maximum absolute atomic E-state index is 12.4. The van der Waals surface area contributed by atoms with Gasteiger partial charge >= 0.3 is 11.9 Å². The van der Waals surface area contributed by atoms with Gasteiger partial charge in [0, 0.05) is 0 Å². The van der Waals surface area contributed by atoms with Crippen LogP contribution in [0.2, 0.25) is 0 Å². The molecule has 0 aromatic carbocycles. The van der Waals surface area contributed by atoms with E-state index in [1.54, 1.807) is 0 Å². The van der Waals surface area contributed by atoms with Crippen LogP contribution < -0.4 is 0 Å². The van der Waals surface area contributed by atoms with Crippen molar-refractivity contribution in [3.05, 3.63) is 12.2 Å². The first kappa shape index (κ1) is 29.7. The SMILES string of the molecule is CCCCCCCCCCCCCCCCCCC1(C(=O)O)CC=CCC1(CCC)C(=O)O. The molecular formula is C29H52O4. The Morgan fingerprint density at radius 2 is 0.879 bits per heavy atom. The standard InChI is InChI=1S/C29H52O4/c1-3-5-6-7-8-9-10-11-12-13-14-15-16-17-18-19-23-29(27(32)33)25-21-20-24-28(29,22-4-2)26(30)31/h20-21H,3-19,22-25H2,1-2H3,(H,30,31)(H,32,33). The molecule has 0 fully saturated rings. The molecule has 0 aromatic rings. The molecule has 2 atom stereocenters. The zero-order valence-corrected chi connectivity index (χ0v) is 21.7.